The molecule has 1 amide bonds. The van der Waals surface area contributed by atoms with Crippen LogP contribution in [-0.2, 0) is 17.6 Å². The third-order valence-corrected chi connectivity index (χ3v) is 4.27. The van der Waals surface area contributed by atoms with E-state index < -0.39 is 0 Å². The maximum atomic E-state index is 13.0. The number of carbonyl (C=O) groups is 1. The van der Waals surface area contributed by atoms with Crippen LogP contribution in [0.3, 0.4) is 0 Å². The Morgan fingerprint density at radius 2 is 1.42 bits per heavy atom. The van der Waals surface area contributed by atoms with Gasteiger partial charge in [-0.1, -0.05) is 36.4 Å². The quantitative estimate of drug-likeness (QED) is 0.806. The predicted molar refractivity (Wildman–Crippen MR) is 94.0 cm³/mol. The third-order valence-electron chi connectivity index (χ3n) is 4.27. The second-order valence-corrected chi connectivity index (χ2v) is 7.26. The lowest BCUT2D eigenvalue weighted by atomic mass is 10.0. The predicted octanol–water partition coefficient (Wildman–Crippen LogP) is -0.184. The highest BCUT2D eigenvalue weighted by Crippen LogP contribution is 2.35. The van der Waals surface area contributed by atoms with Gasteiger partial charge >= 0.3 is 0 Å². The first-order chi connectivity index (χ1) is 11.0. The minimum absolute atomic E-state index is 0. The summed E-state index contributed by atoms with van der Waals surface area (Å²) in [5, 5.41) is 2.10. The summed E-state index contributed by atoms with van der Waals surface area (Å²) in [6, 6.07) is 16.5. The van der Waals surface area contributed by atoms with Crippen LogP contribution in [0.15, 0.2) is 48.5 Å². The number of quaternary nitrogens is 1. The van der Waals surface area contributed by atoms with Crippen molar-refractivity contribution in [3.8, 4) is 0 Å². The molecule has 2 aromatic rings. The van der Waals surface area contributed by atoms with E-state index in [4.69, 9.17) is 0 Å². The van der Waals surface area contributed by atoms with Crippen LogP contribution in [0.25, 0.3) is 0 Å². The SMILES string of the molecule is CC(C)(C)[NH2+]CC(=O)N1c2ccccc2CCc2ccccc21.[Cl-]. The fraction of sp³-hybridized carbons (Fsp3) is 0.350. The van der Waals surface area contributed by atoms with Crippen LogP contribution in [0.2, 0.25) is 0 Å². The lowest BCUT2D eigenvalue weighted by Gasteiger charge is -2.26. The van der Waals surface area contributed by atoms with Gasteiger partial charge in [0, 0.05) is 0 Å². The summed E-state index contributed by atoms with van der Waals surface area (Å²) < 4.78 is 0. The summed E-state index contributed by atoms with van der Waals surface area (Å²) in [5.41, 5.74) is 4.59. The number of benzene rings is 2. The summed E-state index contributed by atoms with van der Waals surface area (Å²) in [4.78, 5) is 14.9. The van der Waals surface area contributed by atoms with Gasteiger partial charge in [-0.2, -0.15) is 0 Å². The van der Waals surface area contributed by atoms with Crippen LogP contribution in [0.5, 0.6) is 0 Å². The number of para-hydroxylation sites is 2. The molecule has 1 aliphatic heterocycles. The molecule has 4 heteroatoms. The van der Waals surface area contributed by atoms with Crippen LogP contribution >= 0.6 is 0 Å². The average molecular weight is 345 g/mol. The normalized spacial score (nSPS) is 13.4. The number of carbonyl (C=O) groups excluding carboxylic acids is 1. The minimum atomic E-state index is 0. The molecule has 0 saturated carbocycles. The molecular formula is C20H25ClN2O. The highest BCUT2D eigenvalue weighted by molar-refractivity contribution is 6.02. The Kier molecular flexibility index (Phi) is 5.68. The third kappa shape index (κ3) is 3.97. The minimum Gasteiger partial charge on any atom is -1.00 e. The van der Waals surface area contributed by atoms with E-state index in [0.29, 0.717) is 6.54 Å². The molecular weight excluding hydrogens is 320 g/mol. The molecule has 128 valence electrons. The topological polar surface area (TPSA) is 36.9 Å². The number of aryl methyl sites for hydroxylation is 2. The number of anilines is 2. The standard InChI is InChI=1S/C20H24N2O.ClH/c1-20(2,3)21-14-19(23)22-17-10-6-4-8-15(17)12-13-16-9-5-7-11-18(16)22;/h4-11,21H,12-14H2,1-3H3;1H. The molecule has 0 atom stereocenters. The Morgan fingerprint density at radius 3 is 1.88 bits per heavy atom. The lowest BCUT2D eigenvalue weighted by molar-refractivity contribution is -0.707. The molecule has 0 saturated heterocycles. The first-order valence-corrected chi connectivity index (χ1v) is 8.29. The van der Waals surface area contributed by atoms with Crippen molar-refractivity contribution in [2.24, 2.45) is 0 Å². The molecule has 0 bridgehead atoms. The van der Waals surface area contributed by atoms with Gasteiger partial charge in [0.05, 0.1) is 16.9 Å². The fourth-order valence-corrected chi connectivity index (χ4v) is 3.03. The van der Waals surface area contributed by atoms with Gasteiger partial charge in [-0.3, -0.25) is 9.69 Å². The van der Waals surface area contributed by atoms with Crippen molar-refractivity contribution in [3.05, 3.63) is 59.7 Å². The summed E-state index contributed by atoms with van der Waals surface area (Å²) in [6.07, 6.45) is 1.94. The van der Waals surface area contributed by atoms with Crippen molar-refractivity contribution in [2.75, 3.05) is 11.4 Å². The number of halogens is 1. The Morgan fingerprint density at radius 1 is 0.958 bits per heavy atom. The van der Waals surface area contributed by atoms with Gasteiger partial charge in [-0.15, -0.1) is 0 Å². The highest BCUT2D eigenvalue weighted by atomic mass is 35.5. The van der Waals surface area contributed by atoms with Crippen LogP contribution in [0.4, 0.5) is 11.4 Å². The number of hydrogen-bond donors (Lipinski definition) is 1. The van der Waals surface area contributed by atoms with Gasteiger partial charge in [0.1, 0.15) is 0 Å². The van der Waals surface area contributed by atoms with Gasteiger partial charge < -0.3 is 17.7 Å². The van der Waals surface area contributed by atoms with E-state index in [1.807, 2.05) is 17.0 Å². The monoisotopic (exact) mass is 344 g/mol. The van der Waals surface area contributed by atoms with Crippen LogP contribution < -0.4 is 22.6 Å². The Hall–Kier alpha value is -1.84. The number of hydrogen-bond acceptors (Lipinski definition) is 1. The van der Waals surface area contributed by atoms with Crippen molar-refractivity contribution in [2.45, 2.75) is 39.2 Å². The zero-order valence-electron chi connectivity index (χ0n) is 14.6. The van der Waals surface area contributed by atoms with Gasteiger partial charge in [0.2, 0.25) is 0 Å². The second kappa shape index (κ2) is 7.37. The van der Waals surface area contributed by atoms with Gasteiger partial charge in [0.25, 0.3) is 5.91 Å². The molecule has 0 radical (unpaired) electrons. The first kappa shape index (κ1) is 18.5. The van der Waals surface area contributed by atoms with E-state index in [1.165, 1.54) is 11.1 Å². The van der Waals surface area contributed by atoms with Crippen molar-refractivity contribution >= 4 is 17.3 Å². The van der Waals surface area contributed by atoms with E-state index in [0.717, 1.165) is 24.2 Å². The molecule has 1 aliphatic rings. The van der Waals surface area contributed by atoms with Crippen molar-refractivity contribution in [3.63, 3.8) is 0 Å². The Labute approximate surface area is 150 Å². The van der Waals surface area contributed by atoms with E-state index >= 15 is 0 Å². The van der Waals surface area contributed by atoms with E-state index in [2.05, 4.69) is 62.5 Å². The molecule has 0 fully saturated rings. The lowest BCUT2D eigenvalue weighted by Crippen LogP contribution is -3.00. The molecule has 3 nitrogen and oxygen atoms in total. The largest absolute Gasteiger partial charge is 1.00 e. The van der Waals surface area contributed by atoms with Crippen LogP contribution in [-0.4, -0.2) is 18.0 Å². The summed E-state index contributed by atoms with van der Waals surface area (Å²) in [7, 11) is 0. The second-order valence-electron chi connectivity index (χ2n) is 7.26. The van der Waals surface area contributed by atoms with Crippen LogP contribution in [0, 0.1) is 0 Å². The van der Waals surface area contributed by atoms with Crippen LogP contribution in [0.1, 0.15) is 31.9 Å². The van der Waals surface area contributed by atoms with Crippen molar-refractivity contribution in [1.82, 2.24) is 0 Å². The van der Waals surface area contributed by atoms with Crippen molar-refractivity contribution in [1.29, 1.82) is 0 Å². The molecule has 0 unspecified atom stereocenters. The van der Waals surface area contributed by atoms with E-state index in [-0.39, 0.29) is 23.9 Å². The molecule has 1 heterocycles. The molecule has 0 spiro atoms. The maximum Gasteiger partial charge on any atom is 0.286 e. The Bertz CT molecular complexity index is 674. The number of fused-ring (bicyclic) bond motifs is 2. The van der Waals surface area contributed by atoms with Crippen molar-refractivity contribution < 1.29 is 22.5 Å². The van der Waals surface area contributed by atoms with E-state index in [1.54, 1.807) is 0 Å². The zero-order valence-corrected chi connectivity index (χ0v) is 15.3. The number of nitrogens with two attached hydrogens (primary N) is 1. The Balaban J connectivity index is 0.00000208. The molecule has 0 aromatic heterocycles. The van der Waals surface area contributed by atoms with E-state index in [9.17, 15) is 4.79 Å². The van der Waals surface area contributed by atoms with Gasteiger partial charge in [-0.25, -0.2) is 0 Å². The number of rotatable bonds is 2. The molecule has 2 aromatic carbocycles. The number of amides is 1. The first-order valence-electron chi connectivity index (χ1n) is 8.29. The summed E-state index contributed by atoms with van der Waals surface area (Å²) >= 11 is 0. The molecule has 0 aliphatic carbocycles. The van der Waals surface area contributed by atoms with Gasteiger partial charge in [0.15, 0.2) is 6.54 Å². The molecule has 24 heavy (non-hydrogen) atoms. The maximum absolute atomic E-state index is 13.0. The fourth-order valence-electron chi connectivity index (χ4n) is 3.03. The average Bonchev–Trinajstić information content (AvgIpc) is 2.69. The highest BCUT2D eigenvalue weighted by Gasteiger charge is 2.27. The molecule has 3 rings (SSSR count). The number of nitrogens with zero attached hydrogens (tertiary/aromatic N) is 1. The summed E-state index contributed by atoms with van der Waals surface area (Å²) in [6.45, 7) is 6.84. The van der Waals surface area contributed by atoms with Gasteiger partial charge in [-0.05, 0) is 56.9 Å². The smallest absolute Gasteiger partial charge is 0.286 e. The summed E-state index contributed by atoms with van der Waals surface area (Å²) in [5.74, 6) is 0.140. The zero-order chi connectivity index (χ0) is 16.4. The molecule has 2 N–H and O–H groups in total.